The number of thiophene rings is 1. The third kappa shape index (κ3) is 3.21. The Labute approximate surface area is 116 Å². The summed E-state index contributed by atoms with van der Waals surface area (Å²) < 4.78 is 23.0. The zero-order chi connectivity index (χ0) is 14.0. The van der Waals surface area contributed by atoms with Crippen molar-refractivity contribution in [2.45, 2.75) is 11.8 Å². The molecular formula is C13H13NO3S2. The van der Waals surface area contributed by atoms with Crippen LogP contribution in [0.4, 0.5) is 5.69 Å². The van der Waals surface area contributed by atoms with E-state index in [9.17, 15) is 13.2 Å². The molecule has 0 bridgehead atoms. The molecule has 0 aliphatic carbocycles. The molecule has 2 aromatic rings. The average Bonchev–Trinajstić information content (AvgIpc) is 2.84. The summed E-state index contributed by atoms with van der Waals surface area (Å²) in [5.41, 5.74) is 1.33. The van der Waals surface area contributed by atoms with Gasteiger partial charge >= 0.3 is 0 Å². The van der Waals surface area contributed by atoms with E-state index in [4.69, 9.17) is 0 Å². The van der Waals surface area contributed by atoms with E-state index in [0.717, 1.165) is 11.8 Å². The molecule has 1 aromatic carbocycles. The predicted octanol–water partition coefficient (Wildman–Crippen LogP) is 2.71. The molecule has 1 N–H and O–H groups in total. The number of benzene rings is 1. The number of aryl methyl sites for hydroxylation is 1. The van der Waals surface area contributed by atoms with E-state index in [1.807, 2.05) is 12.3 Å². The van der Waals surface area contributed by atoms with Gasteiger partial charge < -0.3 is 5.32 Å². The highest BCUT2D eigenvalue weighted by molar-refractivity contribution is 7.90. The summed E-state index contributed by atoms with van der Waals surface area (Å²) in [6.07, 6.45) is 1.14. The molecule has 0 spiro atoms. The quantitative estimate of drug-likeness (QED) is 0.947. The largest absolute Gasteiger partial charge is 0.321 e. The van der Waals surface area contributed by atoms with Crippen LogP contribution in [0.3, 0.4) is 0 Å². The highest BCUT2D eigenvalue weighted by atomic mass is 32.2. The molecule has 0 fully saturated rings. The lowest BCUT2D eigenvalue weighted by Crippen LogP contribution is -2.11. The zero-order valence-electron chi connectivity index (χ0n) is 10.5. The van der Waals surface area contributed by atoms with Gasteiger partial charge in [-0.2, -0.15) is 0 Å². The Kier molecular flexibility index (Phi) is 3.73. The van der Waals surface area contributed by atoms with E-state index in [1.54, 1.807) is 18.2 Å². The molecule has 0 aliphatic heterocycles. The summed E-state index contributed by atoms with van der Waals surface area (Å²) >= 11 is 1.34. The van der Waals surface area contributed by atoms with E-state index in [-0.39, 0.29) is 10.8 Å². The maximum Gasteiger partial charge on any atom is 0.265 e. The summed E-state index contributed by atoms with van der Waals surface area (Å²) in [4.78, 5) is 12.7. The second kappa shape index (κ2) is 5.14. The fourth-order valence-electron chi connectivity index (χ4n) is 1.56. The minimum Gasteiger partial charge on any atom is -0.321 e. The van der Waals surface area contributed by atoms with Gasteiger partial charge in [0.1, 0.15) is 0 Å². The van der Waals surface area contributed by atoms with Crippen molar-refractivity contribution in [3.63, 3.8) is 0 Å². The zero-order valence-corrected chi connectivity index (χ0v) is 12.1. The fraction of sp³-hybridized carbons (Fsp3) is 0.154. The number of rotatable bonds is 3. The molecule has 0 radical (unpaired) electrons. The average molecular weight is 295 g/mol. The Morgan fingerprint density at radius 1 is 1.26 bits per heavy atom. The molecule has 100 valence electrons. The van der Waals surface area contributed by atoms with Crippen molar-refractivity contribution in [2.24, 2.45) is 0 Å². The number of carbonyl (C=O) groups is 1. The van der Waals surface area contributed by atoms with E-state index in [0.29, 0.717) is 10.6 Å². The number of anilines is 1. The molecule has 0 aliphatic rings. The van der Waals surface area contributed by atoms with Gasteiger partial charge in [-0.15, -0.1) is 11.3 Å². The fourth-order valence-corrected chi connectivity index (χ4v) is 2.82. The molecule has 19 heavy (non-hydrogen) atoms. The van der Waals surface area contributed by atoms with E-state index < -0.39 is 9.84 Å². The molecule has 0 saturated carbocycles. The molecule has 0 saturated heterocycles. The van der Waals surface area contributed by atoms with Crippen LogP contribution in [0, 0.1) is 6.92 Å². The summed E-state index contributed by atoms with van der Waals surface area (Å²) in [5, 5.41) is 4.55. The van der Waals surface area contributed by atoms with Crippen molar-refractivity contribution in [2.75, 3.05) is 11.6 Å². The van der Waals surface area contributed by atoms with Crippen molar-refractivity contribution in [3.8, 4) is 0 Å². The third-order valence-corrected chi connectivity index (χ3v) is 4.61. The smallest absolute Gasteiger partial charge is 0.265 e. The van der Waals surface area contributed by atoms with Crippen molar-refractivity contribution in [1.29, 1.82) is 0 Å². The van der Waals surface area contributed by atoms with Gasteiger partial charge in [0, 0.05) is 11.9 Å². The molecule has 4 nitrogen and oxygen atoms in total. The highest BCUT2D eigenvalue weighted by Gasteiger charge is 2.12. The van der Waals surface area contributed by atoms with Crippen molar-refractivity contribution in [3.05, 3.63) is 46.2 Å². The molecule has 6 heteroatoms. The van der Waals surface area contributed by atoms with Crippen molar-refractivity contribution in [1.82, 2.24) is 0 Å². The molecular weight excluding hydrogens is 282 g/mol. The Morgan fingerprint density at radius 2 is 2.00 bits per heavy atom. The number of nitrogens with one attached hydrogen (secondary N) is 1. The Morgan fingerprint density at radius 3 is 2.58 bits per heavy atom. The minimum absolute atomic E-state index is 0.194. The molecule has 0 atom stereocenters. The number of hydrogen-bond acceptors (Lipinski definition) is 4. The molecule has 1 heterocycles. The SMILES string of the molecule is Cc1ccc(S(C)(=O)=O)cc1NC(=O)c1cccs1. The van der Waals surface area contributed by atoms with Crippen LogP contribution in [0.5, 0.6) is 0 Å². The van der Waals surface area contributed by atoms with Crippen LogP contribution in [0.2, 0.25) is 0 Å². The predicted molar refractivity (Wildman–Crippen MR) is 76.6 cm³/mol. The van der Waals surface area contributed by atoms with Gasteiger partial charge in [-0.25, -0.2) is 8.42 Å². The van der Waals surface area contributed by atoms with Crippen LogP contribution in [0.25, 0.3) is 0 Å². The Hall–Kier alpha value is -1.66. The van der Waals surface area contributed by atoms with Gasteiger partial charge in [-0.05, 0) is 36.1 Å². The summed E-state index contributed by atoms with van der Waals surface area (Å²) in [6.45, 7) is 1.82. The lowest BCUT2D eigenvalue weighted by molar-refractivity contribution is 0.103. The molecule has 2 rings (SSSR count). The lowest BCUT2D eigenvalue weighted by atomic mass is 10.2. The summed E-state index contributed by atoms with van der Waals surface area (Å²) in [7, 11) is -3.28. The van der Waals surface area contributed by atoms with Gasteiger partial charge in [-0.1, -0.05) is 12.1 Å². The second-order valence-corrected chi connectivity index (χ2v) is 7.14. The maximum absolute atomic E-state index is 11.9. The number of carbonyl (C=O) groups excluding carboxylic acids is 1. The molecule has 1 aromatic heterocycles. The monoisotopic (exact) mass is 295 g/mol. The first-order chi connectivity index (χ1) is 8.88. The normalized spacial score (nSPS) is 11.3. The maximum atomic E-state index is 11.9. The first-order valence-electron chi connectivity index (χ1n) is 5.53. The number of sulfone groups is 1. The summed E-state index contributed by atoms with van der Waals surface area (Å²) in [6, 6.07) is 8.21. The Balaban J connectivity index is 2.32. The van der Waals surface area contributed by atoms with Gasteiger partial charge in [-0.3, -0.25) is 4.79 Å². The van der Waals surface area contributed by atoms with Crippen LogP contribution >= 0.6 is 11.3 Å². The van der Waals surface area contributed by atoms with Crippen LogP contribution in [0.1, 0.15) is 15.2 Å². The Bertz CT molecular complexity index is 703. The van der Waals surface area contributed by atoms with E-state index in [2.05, 4.69) is 5.32 Å². The first kappa shape index (κ1) is 13.8. The molecule has 1 amide bonds. The van der Waals surface area contributed by atoms with Crippen molar-refractivity contribution < 1.29 is 13.2 Å². The highest BCUT2D eigenvalue weighted by Crippen LogP contribution is 2.21. The first-order valence-corrected chi connectivity index (χ1v) is 8.30. The van der Waals surface area contributed by atoms with Gasteiger partial charge in [0.15, 0.2) is 9.84 Å². The van der Waals surface area contributed by atoms with Crippen LogP contribution in [-0.2, 0) is 9.84 Å². The van der Waals surface area contributed by atoms with Gasteiger partial charge in [0.2, 0.25) is 0 Å². The van der Waals surface area contributed by atoms with Gasteiger partial charge in [0.05, 0.1) is 9.77 Å². The minimum atomic E-state index is -3.28. The van der Waals surface area contributed by atoms with Crippen LogP contribution < -0.4 is 5.32 Å². The second-order valence-electron chi connectivity index (χ2n) is 4.18. The number of hydrogen-bond donors (Lipinski definition) is 1. The van der Waals surface area contributed by atoms with E-state index >= 15 is 0 Å². The van der Waals surface area contributed by atoms with Crippen LogP contribution in [0.15, 0.2) is 40.6 Å². The lowest BCUT2D eigenvalue weighted by Gasteiger charge is -2.09. The summed E-state index contributed by atoms with van der Waals surface area (Å²) in [5.74, 6) is -0.233. The third-order valence-electron chi connectivity index (χ3n) is 2.63. The molecule has 0 unspecified atom stereocenters. The van der Waals surface area contributed by atoms with Gasteiger partial charge in [0.25, 0.3) is 5.91 Å². The standard InChI is InChI=1S/C13H13NO3S2/c1-9-5-6-10(19(2,16)17)8-11(9)14-13(15)12-4-3-7-18-12/h3-8H,1-2H3,(H,14,15). The topological polar surface area (TPSA) is 63.2 Å². The number of amides is 1. The van der Waals surface area contributed by atoms with Crippen LogP contribution in [-0.4, -0.2) is 20.6 Å². The van der Waals surface area contributed by atoms with Crippen molar-refractivity contribution >= 4 is 32.8 Å². The van der Waals surface area contributed by atoms with E-state index in [1.165, 1.54) is 23.5 Å².